The maximum Gasteiger partial charge on any atom is 0.263 e. The predicted octanol–water partition coefficient (Wildman–Crippen LogP) is 3.76. The molecule has 0 heterocycles. The van der Waals surface area contributed by atoms with Crippen LogP contribution in [0.15, 0.2) is 39.7 Å². The van der Waals surface area contributed by atoms with E-state index in [0.717, 1.165) is 16.7 Å². The monoisotopic (exact) mass is 368 g/mol. The number of anilines is 2. The molecule has 0 amide bonds. The molecule has 0 aromatic heterocycles. The van der Waals surface area contributed by atoms with E-state index in [0.29, 0.717) is 15.8 Å². The average Bonchev–Trinajstić information content (AvgIpc) is 2.33. The van der Waals surface area contributed by atoms with Gasteiger partial charge in [-0.2, -0.15) is 0 Å². The third kappa shape index (κ3) is 3.39. The second-order valence-electron chi connectivity index (χ2n) is 5.07. The molecule has 2 rings (SSSR count). The van der Waals surface area contributed by atoms with Crippen LogP contribution in [0.2, 0.25) is 0 Å². The quantitative estimate of drug-likeness (QED) is 0.810. The molecular weight excluding hydrogens is 352 g/mol. The number of hydrogen-bond acceptors (Lipinski definition) is 3. The first-order chi connectivity index (χ1) is 9.70. The number of rotatable bonds is 3. The summed E-state index contributed by atoms with van der Waals surface area (Å²) in [6, 6.07) is 8.52. The number of hydrogen-bond donors (Lipinski definition) is 2. The molecule has 0 bridgehead atoms. The summed E-state index contributed by atoms with van der Waals surface area (Å²) in [5.41, 5.74) is 9.64. The summed E-state index contributed by atoms with van der Waals surface area (Å²) in [7, 11) is -3.67. The zero-order valence-electron chi connectivity index (χ0n) is 12.1. The normalized spacial score (nSPS) is 11.4. The van der Waals surface area contributed by atoms with E-state index in [4.69, 9.17) is 5.73 Å². The van der Waals surface area contributed by atoms with E-state index in [2.05, 4.69) is 20.7 Å². The van der Waals surface area contributed by atoms with E-state index in [9.17, 15) is 8.42 Å². The Morgan fingerprint density at radius 1 is 1.05 bits per heavy atom. The van der Waals surface area contributed by atoms with E-state index in [1.807, 2.05) is 32.9 Å². The molecule has 0 radical (unpaired) electrons. The molecule has 6 heteroatoms. The molecule has 0 spiro atoms. The number of sulfonamides is 1. The number of nitrogens with one attached hydrogen (secondary N) is 1. The smallest absolute Gasteiger partial charge is 0.263 e. The highest BCUT2D eigenvalue weighted by Gasteiger charge is 2.19. The Morgan fingerprint density at radius 3 is 2.14 bits per heavy atom. The highest BCUT2D eigenvalue weighted by Crippen LogP contribution is 2.29. The van der Waals surface area contributed by atoms with E-state index < -0.39 is 10.0 Å². The zero-order chi connectivity index (χ0) is 15.8. The van der Waals surface area contributed by atoms with Gasteiger partial charge < -0.3 is 5.73 Å². The van der Waals surface area contributed by atoms with Crippen molar-refractivity contribution in [2.75, 3.05) is 10.5 Å². The summed E-state index contributed by atoms with van der Waals surface area (Å²) >= 11 is 3.25. The van der Waals surface area contributed by atoms with Crippen LogP contribution in [0.3, 0.4) is 0 Å². The van der Waals surface area contributed by atoms with Crippen LogP contribution in [-0.2, 0) is 10.0 Å². The van der Waals surface area contributed by atoms with Gasteiger partial charge in [0.25, 0.3) is 10.0 Å². The molecular formula is C15H17BrN2O2S. The first-order valence-corrected chi connectivity index (χ1v) is 8.64. The van der Waals surface area contributed by atoms with Crippen LogP contribution in [0.4, 0.5) is 11.4 Å². The van der Waals surface area contributed by atoms with Crippen LogP contribution in [0.5, 0.6) is 0 Å². The van der Waals surface area contributed by atoms with Gasteiger partial charge in [0, 0.05) is 10.2 Å². The van der Waals surface area contributed by atoms with Gasteiger partial charge in [0.05, 0.1) is 5.69 Å². The molecule has 0 aliphatic rings. The molecule has 2 aromatic rings. The van der Waals surface area contributed by atoms with Crippen molar-refractivity contribution < 1.29 is 8.42 Å². The summed E-state index contributed by atoms with van der Waals surface area (Å²) in [5, 5.41) is 0. The van der Waals surface area contributed by atoms with Crippen molar-refractivity contribution in [1.82, 2.24) is 0 Å². The Bertz CT molecular complexity index is 778. The largest absolute Gasteiger partial charge is 0.399 e. The van der Waals surface area contributed by atoms with Crippen molar-refractivity contribution in [3.05, 3.63) is 51.5 Å². The molecule has 2 aromatic carbocycles. The van der Waals surface area contributed by atoms with E-state index >= 15 is 0 Å². The van der Waals surface area contributed by atoms with E-state index in [-0.39, 0.29) is 4.90 Å². The van der Waals surface area contributed by atoms with Crippen molar-refractivity contribution in [2.24, 2.45) is 0 Å². The fourth-order valence-electron chi connectivity index (χ4n) is 2.27. The molecule has 0 fully saturated rings. The van der Waals surface area contributed by atoms with Crippen LogP contribution in [-0.4, -0.2) is 8.42 Å². The first-order valence-electron chi connectivity index (χ1n) is 6.36. The summed E-state index contributed by atoms with van der Waals surface area (Å²) in [5.74, 6) is 0. The second-order valence-corrected chi connectivity index (χ2v) is 7.57. The predicted molar refractivity (Wildman–Crippen MR) is 90.0 cm³/mol. The Labute approximate surface area is 133 Å². The van der Waals surface area contributed by atoms with Gasteiger partial charge in [0.1, 0.15) is 4.90 Å². The fourth-order valence-corrected chi connectivity index (χ4v) is 4.56. The highest BCUT2D eigenvalue weighted by molar-refractivity contribution is 9.10. The lowest BCUT2D eigenvalue weighted by Crippen LogP contribution is -2.15. The maximum atomic E-state index is 12.5. The fraction of sp³-hybridized carbons (Fsp3) is 0.200. The lowest BCUT2D eigenvalue weighted by molar-refractivity contribution is 0.600. The summed E-state index contributed by atoms with van der Waals surface area (Å²) < 4.78 is 28.2. The van der Waals surface area contributed by atoms with Crippen molar-refractivity contribution in [1.29, 1.82) is 0 Å². The minimum absolute atomic E-state index is 0.163. The van der Waals surface area contributed by atoms with Gasteiger partial charge >= 0.3 is 0 Å². The maximum absolute atomic E-state index is 12.5. The molecule has 0 saturated carbocycles. The van der Waals surface area contributed by atoms with Gasteiger partial charge in [-0.1, -0.05) is 17.7 Å². The first kappa shape index (κ1) is 15.9. The molecule has 112 valence electrons. The number of benzene rings is 2. The summed E-state index contributed by atoms with van der Waals surface area (Å²) in [4.78, 5) is 0.163. The second kappa shape index (κ2) is 5.69. The third-order valence-electron chi connectivity index (χ3n) is 3.16. The molecule has 21 heavy (non-hydrogen) atoms. The number of halogens is 1. The van der Waals surface area contributed by atoms with Crippen molar-refractivity contribution in [3.8, 4) is 0 Å². The van der Waals surface area contributed by atoms with Gasteiger partial charge in [0.15, 0.2) is 0 Å². The van der Waals surface area contributed by atoms with Gasteiger partial charge in [-0.3, -0.25) is 4.72 Å². The molecule has 0 atom stereocenters. The summed E-state index contributed by atoms with van der Waals surface area (Å²) in [6.45, 7) is 5.75. The minimum atomic E-state index is -3.67. The van der Waals surface area contributed by atoms with E-state index in [1.54, 1.807) is 12.1 Å². The van der Waals surface area contributed by atoms with Gasteiger partial charge in [-0.15, -0.1) is 0 Å². The Morgan fingerprint density at radius 2 is 1.62 bits per heavy atom. The van der Waals surface area contributed by atoms with Gasteiger partial charge in [-0.25, -0.2) is 8.42 Å². The van der Waals surface area contributed by atoms with Crippen LogP contribution in [0.25, 0.3) is 0 Å². The number of aryl methyl sites for hydroxylation is 3. The molecule has 0 aliphatic heterocycles. The summed E-state index contributed by atoms with van der Waals surface area (Å²) in [6.07, 6.45) is 0. The Kier molecular flexibility index (Phi) is 4.30. The topological polar surface area (TPSA) is 72.2 Å². The molecule has 0 saturated heterocycles. The van der Waals surface area contributed by atoms with E-state index in [1.165, 1.54) is 6.07 Å². The van der Waals surface area contributed by atoms with Crippen molar-refractivity contribution in [3.63, 3.8) is 0 Å². The number of nitrogen functional groups attached to an aromatic ring is 1. The third-order valence-corrected chi connectivity index (χ3v) is 5.49. The van der Waals surface area contributed by atoms with Gasteiger partial charge in [-0.05, 0) is 66.0 Å². The van der Waals surface area contributed by atoms with Crippen LogP contribution < -0.4 is 10.5 Å². The number of nitrogens with two attached hydrogens (primary N) is 1. The Balaban J connectivity index is 2.47. The van der Waals surface area contributed by atoms with Crippen LogP contribution in [0, 0.1) is 20.8 Å². The molecule has 3 N–H and O–H groups in total. The Hall–Kier alpha value is -1.53. The van der Waals surface area contributed by atoms with Gasteiger partial charge in [0.2, 0.25) is 0 Å². The van der Waals surface area contributed by atoms with Crippen LogP contribution >= 0.6 is 15.9 Å². The highest BCUT2D eigenvalue weighted by atomic mass is 79.9. The van der Waals surface area contributed by atoms with Crippen molar-refractivity contribution in [2.45, 2.75) is 25.7 Å². The lowest BCUT2D eigenvalue weighted by atomic mass is 10.1. The van der Waals surface area contributed by atoms with Crippen LogP contribution in [0.1, 0.15) is 16.7 Å². The zero-order valence-corrected chi connectivity index (χ0v) is 14.5. The molecule has 4 nitrogen and oxygen atoms in total. The lowest BCUT2D eigenvalue weighted by Gasteiger charge is -2.15. The standard InChI is InChI=1S/C15H17BrN2O2S/c1-9-6-10(2)15(11(3)7-9)18-21(19,20)14-5-4-12(17)8-13(14)16/h4-8,18H,17H2,1-3H3. The molecule has 0 unspecified atom stereocenters. The minimum Gasteiger partial charge on any atom is -0.399 e. The molecule has 0 aliphatic carbocycles. The SMILES string of the molecule is Cc1cc(C)c(NS(=O)(=O)c2ccc(N)cc2Br)c(C)c1. The average molecular weight is 369 g/mol. The van der Waals surface area contributed by atoms with Crippen molar-refractivity contribution >= 4 is 37.3 Å².